The van der Waals surface area contributed by atoms with Gasteiger partial charge in [-0.1, -0.05) is 74.7 Å². The van der Waals surface area contributed by atoms with Crippen molar-refractivity contribution in [3.63, 3.8) is 0 Å². The molecule has 2 saturated carbocycles. The Balaban J connectivity index is 0.000000208. The third-order valence-corrected chi connectivity index (χ3v) is 5.42. The summed E-state index contributed by atoms with van der Waals surface area (Å²) >= 11 is 0. The summed E-state index contributed by atoms with van der Waals surface area (Å²) in [5, 5.41) is 0. The fourth-order valence-corrected chi connectivity index (χ4v) is 3.71. The molecule has 4 rings (SSSR count). The molecule has 5 heteroatoms. The molecule has 2 fully saturated rings. The Morgan fingerprint density at radius 3 is 1.29 bits per heavy atom. The van der Waals surface area contributed by atoms with Crippen molar-refractivity contribution in [1.82, 2.24) is 0 Å². The van der Waals surface area contributed by atoms with E-state index < -0.39 is 8.07 Å². The van der Waals surface area contributed by atoms with E-state index in [1.165, 1.54) is 36.8 Å². The second kappa shape index (κ2) is 14.2. The predicted octanol–water partition coefficient (Wildman–Crippen LogP) is 7.29. The summed E-state index contributed by atoms with van der Waals surface area (Å²) in [6.07, 6.45) is 5.89. The van der Waals surface area contributed by atoms with Crippen molar-refractivity contribution in [2.45, 2.75) is 90.4 Å². The van der Waals surface area contributed by atoms with E-state index in [1.54, 1.807) is 0 Å². The molecule has 2 aliphatic carbocycles. The predicted molar refractivity (Wildman–Crippen MR) is 147 cm³/mol. The number of hydrogen-bond acceptors (Lipinski definition) is 4. The molecule has 0 spiro atoms. The molecule has 192 valence electrons. The lowest BCUT2D eigenvalue weighted by molar-refractivity contribution is -0.143. The van der Waals surface area contributed by atoms with Gasteiger partial charge in [0.05, 0.1) is 26.1 Å². The highest BCUT2D eigenvalue weighted by Gasteiger charge is 2.27. The molecule has 0 radical (unpaired) electrons. The molecule has 0 aromatic heterocycles. The number of hydrogen-bond donors (Lipinski definition) is 0. The molecule has 35 heavy (non-hydrogen) atoms. The highest BCUT2D eigenvalue weighted by molar-refractivity contribution is 6.74. The van der Waals surface area contributed by atoms with Crippen LogP contribution >= 0.6 is 0 Å². The van der Waals surface area contributed by atoms with Crippen LogP contribution < -0.4 is 0 Å². The fourth-order valence-electron chi connectivity index (χ4n) is 3.71. The summed E-state index contributed by atoms with van der Waals surface area (Å²) in [5.74, 6) is 1.14. The third-order valence-electron chi connectivity index (χ3n) is 5.42. The molecule has 4 nitrogen and oxygen atoms in total. The van der Waals surface area contributed by atoms with E-state index in [9.17, 15) is 9.59 Å². The van der Waals surface area contributed by atoms with Gasteiger partial charge in [0.2, 0.25) is 0 Å². The zero-order valence-electron chi connectivity index (χ0n) is 22.6. The first-order chi connectivity index (χ1) is 16.6. The molecule has 0 N–H and O–H groups in total. The topological polar surface area (TPSA) is 52.6 Å². The lowest BCUT2D eigenvalue weighted by atomic mass is 10.0. The van der Waals surface area contributed by atoms with Crippen LogP contribution in [-0.4, -0.2) is 33.2 Å². The summed E-state index contributed by atoms with van der Waals surface area (Å²) in [6.45, 7) is 13.9. The van der Waals surface area contributed by atoms with Crippen LogP contribution in [0.5, 0.6) is 0 Å². The zero-order chi connectivity index (χ0) is 25.8. The zero-order valence-corrected chi connectivity index (χ0v) is 23.6. The van der Waals surface area contributed by atoms with Crippen molar-refractivity contribution in [2.75, 3.05) is 13.2 Å². The Morgan fingerprint density at radius 1 is 0.686 bits per heavy atom. The van der Waals surface area contributed by atoms with Crippen molar-refractivity contribution < 1.29 is 19.1 Å². The lowest BCUT2D eigenvalue weighted by Crippen LogP contribution is -2.10. The normalized spacial score (nSPS) is 14.6. The number of ether oxygens (including phenoxy) is 2. The molecule has 0 saturated heterocycles. The Kier molecular flexibility index (Phi) is 11.7. The van der Waals surface area contributed by atoms with Crippen molar-refractivity contribution in [1.29, 1.82) is 0 Å². The Morgan fingerprint density at radius 2 is 1.00 bits per heavy atom. The van der Waals surface area contributed by atoms with Gasteiger partial charge in [-0.05, 0) is 73.6 Å². The first kappa shape index (κ1) is 28.8. The van der Waals surface area contributed by atoms with Crippen LogP contribution in [0.25, 0.3) is 0 Å². The average molecular weight is 497 g/mol. The monoisotopic (exact) mass is 496 g/mol. The highest BCUT2D eigenvalue weighted by Crippen LogP contribution is 2.42. The average Bonchev–Trinajstić information content (AvgIpc) is 3.68. The Bertz CT molecular complexity index is 862. The molecule has 0 heterocycles. The van der Waals surface area contributed by atoms with E-state index in [1.807, 2.05) is 50.2 Å². The molecular weight excluding hydrogens is 452 g/mol. The number of carbonyl (C=O) groups is 2. The van der Waals surface area contributed by atoms with Gasteiger partial charge < -0.3 is 9.47 Å². The Labute approximate surface area is 213 Å². The number of esters is 2. The first-order valence-corrected chi connectivity index (χ1v) is 17.1. The van der Waals surface area contributed by atoms with E-state index in [0.717, 1.165) is 11.1 Å². The molecule has 0 unspecified atom stereocenters. The van der Waals surface area contributed by atoms with E-state index in [-0.39, 0.29) is 11.9 Å². The van der Waals surface area contributed by atoms with Crippen LogP contribution in [0.1, 0.15) is 73.6 Å². The van der Waals surface area contributed by atoms with Gasteiger partial charge in [0.25, 0.3) is 0 Å². The number of rotatable bonds is 8. The molecule has 0 amide bonds. The van der Waals surface area contributed by atoms with E-state index in [0.29, 0.717) is 37.9 Å². The minimum atomic E-state index is -0.611. The second-order valence-electron chi connectivity index (χ2n) is 10.9. The fraction of sp³-hybridized carbons (Fsp3) is 0.533. The second-order valence-corrected chi connectivity index (χ2v) is 16.9. The van der Waals surface area contributed by atoms with E-state index >= 15 is 0 Å². The van der Waals surface area contributed by atoms with Gasteiger partial charge in [0.15, 0.2) is 0 Å². The minimum absolute atomic E-state index is 0.120. The van der Waals surface area contributed by atoms with Gasteiger partial charge in [0.1, 0.15) is 0 Å². The quantitative estimate of drug-likeness (QED) is 0.284. The SMILES string of the molecule is CCOC(=O)Cc1ccccc1C1CC1.CCOC(=O)Cc1ccccc1C1CC1.C[Si](C)(C)C. The maximum atomic E-state index is 11.4. The van der Waals surface area contributed by atoms with Gasteiger partial charge >= 0.3 is 11.9 Å². The van der Waals surface area contributed by atoms with Crippen LogP contribution in [0.15, 0.2) is 48.5 Å². The summed E-state index contributed by atoms with van der Waals surface area (Å²) in [7, 11) is -0.611. The molecular formula is C30H44O4Si. The molecule has 0 aliphatic heterocycles. The number of carbonyl (C=O) groups excluding carboxylic acids is 2. The van der Waals surface area contributed by atoms with Crippen LogP contribution in [0.4, 0.5) is 0 Å². The summed E-state index contributed by atoms with van der Waals surface area (Å²) < 4.78 is 9.92. The molecule has 2 aromatic carbocycles. The molecule has 2 aliphatic rings. The van der Waals surface area contributed by atoms with Gasteiger partial charge in [-0.25, -0.2) is 0 Å². The summed E-state index contributed by atoms with van der Waals surface area (Å²) in [5.41, 5.74) is 4.95. The van der Waals surface area contributed by atoms with Crippen LogP contribution in [0.3, 0.4) is 0 Å². The standard InChI is InChI=1S/2C13H16O2.C4H12Si/c2*1-2-15-13(14)9-11-5-3-4-6-12(11)10-7-8-10;1-5(2,3)4/h2*3-6,10H,2,7-9H2,1H3;1-4H3. The Hall–Kier alpha value is -2.40. The maximum absolute atomic E-state index is 11.4. The lowest BCUT2D eigenvalue weighted by Gasteiger charge is -2.07. The number of benzene rings is 2. The van der Waals surface area contributed by atoms with Crippen LogP contribution in [-0.2, 0) is 31.9 Å². The van der Waals surface area contributed by atoms with Crippen LogP contribution in [0.2, 0.25) is 26.2 Å². The van der Waals surface area contributed by atoms with E-state index in [4.69, 9.17) is 9.47 Å². The molecule has 0 bridgehead atoms. The highest BCUT2D eigenvalue weighted by atomic mass is 28.3. The maximum Gasteiger partial charge on any atom is 0.310 e. The third kappa shape index (κ3) is 12.2. The van der Waals surface area contributed by atoms with Crippen molar-refractivity contribution in [3.8, 4) is 0 Å². The summed E-state index contributed by atoms with van der Waals surface area (Å²) in [4.78, 5) is 22.8. The van der Waals surface area contributed by atoms with Crippen molar-refractivity contribution in [2.24, 2.45) is 0 Å². The molecule has 2 aromatic rings. The van der Waals surface area contributed by atoms with Crippen molar-refractivity contribution in [3.05, 3.63) is 70.8 Å². The summed E-state index contributed by atoms with van der Waals surface area (Å²) in [6, 6.07) is 16.4. The minimum Gasteiger partial charge on any atom is -0.466 e. The molecule has 0 atom stereocenters. The van der Waals surface area contributed by atoms with Crippen LogP contribution in [0, 0.1) is 0 Å². The smallest absolute Gasteiger partial charge is 0.310 e. The van der Waals surface area contributed by atoms with Gasteiger partial charge in [-0.2, -0.15) is 0 Å². The largest absolute Gasteiger partial charge is 0.466 e. The van der Waals surface area contributed by atoms with Gasteiger partial charge in [-0.3, -0.25) is 9.59 Å². The van der Waals surface area contributed by atoms with Gasteiger partial charge in [0, 0.05) is 8.07 Å². The van der Waals surface area contributed by atoms with Crippen molar-refractivity contribution >= 4 is 20.0 Å². The first-order valence-electron chi connectivity index (χ1n) is 13.1. The van der Waals surface area contributed by atoms with E-state index in [2.05, 4.69) is 38.3 Å². The van der Waals surface area contributed by atoms with Gasteiger partial charge in [-0.15, -0.1) is 0 Å².